The number of esters is 2. The first-order valence-electron chi connectivity index (χ1n) is 17.7. The molecule has 0 radical (unpaired) electrons. The Morgan fingerprint density at radius 1 is 1.06 bits per heavy atom. The van der Waals surface area contributed by atoms with Crippen molar-refractivity contribution in [1.29, 1.82) is 0 Å². The number of aliphatic carboxylic acids is 1. The number of carboxylic acids is 1. The van der Waals surface area contributed by atoms with Crippen LogP contribution >= 0.6 is 0 Å². The molecule has 0 aliphatic carbocycles. The van der Waals surface area contributed by atoms with E-state index in [4.69, 9.17) is 28.8 Å². The number of carbonyl (C=O) groups is 3. The van der Waals surface area contributed by atoms with E-state index in [0.717, 1.165) is 11.6 Å². The molecule has 51 heavy (non-hydrogen) atoms. The number of methoxy groups -OCH3 is 2. The van der Waals surface area contributed by atoms with Crippen LogP contribution in [0.3, 0.4) is 0 Å². The maximum Gasteiger partial charge on any atom is 0.373 e. The zero-order valence-corrected chi connectivity index (χ0v) is 31.9. The van der Waals surface area contributed by atoms with Crippen LogP contribution in [0.5, 0.6) is 0 Å². The molecule has 0 aromatic carbocycles. The van der Waals surface area contributed by atoms with E-state index < -0.39 is 72.2 Å². The van der Waals surface area contributed by atoms with Crippen molar-refractivity contribution < 1.29 is 58.5 Å². The molecule has 12 heteroatoms. The number of hydrogen-bond donors (Lipinski definition) is 4. The number of aliphatic hydroxyl groups is 3. The fourth-order valence-corrected chi connectivity index (χ4v) is 7.00. The fourth-order valence-electron chi connectivity index (χ4n) is 7.00. The first-order chi connectivity index (χ1) is 23.8. The van der Waals surface area contributed by atoms with Crippen molar-refractivity contribution in [3.05, 3.63) is 59.4 Å². The summed E-state index contributed by atoms with van der Waals surface area (Å²) >= 11 is 0. The molecule has 12 atom stereocenters. The van der Waals surface area contributed by atoms with Crippen molar-refractivity contribution in [1.82, 2.24) is 0 Å². The lowest BCUT2D eigenvalue weighted by atomic mass is 9.76. The molecule has 0 saturated carbocycles. The number of cyclic esters (lactones) is 1. The molecular formula is C39H60O12. The van der Waals surface area contributed by atoms with Gasteiger partial charge in [-0.05, 0) is 38.2 Å². The second-order valence-corrected chi connectivity index (χ2v) is 14.6. The zero-order valence-electron chi connectivity index (χ0n) is 31.9. The quantitative estimate of drug-likeness (QED) is 0.178. The number of ether oxygens (including phenoxy) is 5. The smallest absolute Gasteiger partial charge is 0.373 e. The van der Waals surface area contributed by atoms with E-state index in [0.29, 0.717) is 18.1 Å². The van der Waals surface area contributed by atoms with Gasteiger partial charge in [-0.15, -0.1) is 0 Å². The summed E-state index contributed by atoms with van der Waals surface area (Å²) in [5.74, 6) is -7.68. The number of rotatable bonds is 10. The van der Waals surface area contributed by atoms with Gasteiger partial charge in [-0.3, -0.25) is 0 Å². The van der Waals surface area contributed by atoms with Gasteiger partial charge < -0.3 is 44.1 Å². The first-order valence-corrected chi connectivity index (χ1v) is 17.7. The molecule has 0 spiro atoms. The lowest BCUT2D eigenvalue weighted by molar-refractivity contribution is -0.329. The van der Waals surface area contributed by atoms with E-state index in [2.05, 4.69) is 0 Å². The number of carboxylic acid groups (broad SMARTS) is 1. The van der Waals surface area contributed by atoms with Crippen molar-refractivity contribution in [2.45, 2.75) is 118 Å². The standard InChI is InChI=1S/C39H60O12/c1-21(2)36-26(7)31(49-33(42)16-15-32(40)41)20-39(46,51-36)28(9)35(44)27(8)37-29(47-10)14-12-13-22(3)17-24(5)34(43)25(6)18-23(4)19-30(48-11)38(45)50-37/h12-16,18-19,21,24-29,31,34-37,43-44,46H,17,20H2,1-11H3,(H,40,41)/b14-12+,16-15+,22-13+,23-18-,30-19-/t24-,25+,26-,27-,28-,29-,31+,34-,35+,36+,37?,39+/m0/s1. The Morgan fingerprint density at radius 3 is 2.27 bits per heavy atom. The van der Waals surface area contributed by atoms with Gasteiger partial charge in [0.25, 0.3) is 0 Å². The average molecular weight is 721 g/mol. The van der Waals surface area contributed by atoms with Gasteiger partial charge in [0.05, 0.1) is 25.4 Å². The molecule has 2 heterocycles. The fraction of sp³-hybridized carbons (Fsp3) is 0.667. The van der Waals surface area contributed by atoms with Crippen molar-refractivity contribution in [2.24, 2.45) is 35.5 Å². The average Bonchev–Trinajstić information content (AvgIpc) is 3.06. The molecule has 0 amide bonds. The van der Waals surface area contributed by atoms with Crippen LogP contribution in [0, 0.1) is 35.5 Å². The maximum absolute atomic E-state index is 13.6. The number of aliphatic hydroxyl groups excluding tert-OH is 2. The molecule has 0 aromatic heterocycles. The van der Waals surface area contributed by atoms with E-state index in [9.17, 15) is 29.7 Å². The maximum atomic E-state index is 13.6. The summed E-state index contributed by atoms with van der Waals surface area (Å²) in [4.78, 5) is 37.1. The molecule has 2 aliphatic rings. The van der Waals surface area contributed by atoms with E-state index in [1.807, 2.05) is 53.7 Å². The molecular weight excluding hydrogens is 660 g/mol. The predicted molar refractivity (Wildman–Crippen MR) is 191 cm³/mol. The second-order valence-electron chi connectivity index (χ2n) is 14.6. The summed E-state index contributed by atoms with van der Waals surface area (Å²) in [6, 6.07) is 0. The third kappa shape index (κ3) is 12.1. The van der Waals surface area contributed by atoms with Crippen LogP contribution in [-0.2, 0) is 38.1 Å². The topological polar surface area (TPSA) is 178 Å². The second kappa shape index (κ2) is 19.5. The predicted octanol–water partition coefficient (Wildman–Crippen LogP) is 4.88. The van der Waals surface area contributed by atoms with Gasteiger partial charge in [-0.1, -0.05) is 83.9 Å². The third-order valence-corrected chi connectivity index (χ3v) is 10.1. The van der Waals surface area contributed by atoms with Crippen LogP contribution in [0.2, 0.25) is 0 Å². The Morgan fingerprint density at radius 2 is 1.71 bits per heavy atom. The molecule has 0 aromatic rings. The molecule has 1 saturated heterocycles. The molecule has 12 nitrogen and oxygen atoms in total. The number of hydrogen-bond acceptors (Lipinski definition) is 11. The number of carbonyl (C=O) groups excluding carboxylic acids is 2. The Bertz CT molecular complexity index is 1350. The van der Waals surface area contributed by atoms with Gasteiger partial charge in [0, 0.05) is 49.4 Å². The first kappa shape index (κ1) is 43.9. The minimum atomic E-state index is -1.99. The van der Waals surface area contributed by atoms with Crippen molar-refractivity contribution in [3.8, 4) is 0 Å². The molecule has 0 bridgehead atoms. The summed E-state index contributed by atoms with van der Waals surface area (Å²) in [6.07, 6.45) is 5.37. The normalized spacial score (nSPS) is 37.1. The summed E-state index contributed by atoms with van der Waals surface area (Å²) in [7, 11) is 2.80. The Kier molecular flexibility index (Phi) is 16.8. The summed E-state index contributed by atoms with van der Waals surface area (Å²) in [5.41, 5.74) is 1.70. The molecule has 288 valence electrons. The van der Waals surface area contributed by atoms with Crippen LogP contribution in [0.4, 0.5) is 0 Å². The minimum absolute atomic E-state index is 0.0458. The molecule has 2 rings (SSSR count). The molecule has 4 N–H and O–H groups in total. The lowest BCUT2D eigenvalue weighted by Gasteiger charge is -2.50. The van der Waals surface area contributed by atoms with Gasteiger partial charge in [-0.25, -0.2) is 14.4 Å². The van der Waals surface area contributed by atoms with Crippen LogP contribution in [0.15, 0.2) is 59.4 Å². The van der Waals surface area contributed by atoms with E-state index in [-0.39, 0.29) is 35.9 Å². The molecule has 1 fully saturated rings. The van der Waals surface area contributed by atoms with E-state index in [1.165, 1.54) is 20.3 Å². The highest BCUT2D eigenvalue weighted by molar-refractivity contribution is 5.90. The van der Waals surface area contributed by atoms with Crippen molar-refractivity contribution in [3.63, 3.8) is 0 Å². The van der Waals surface area contributed by atoms with Gasteiger partial charge in [0.1, 0.15) is 18.3 Å². The van der Waals surface area contributed by atoms with E-state index >= 15 is 0 Å². The SMILES string of the molecule is CO/C1=C\C(C)=C/[C@@H](C)[C@@H](O)[C@@H](C)C/C(C)=C/C=C/[C@H](OC)C([C@@H](C)[C@@H](O)[C@H](C)[C@@]2(O)C[C@@H](OC(=O)/C=C/C(=O)O)[C@H](C)[C@@H](C(C)C)O2)OC1=O. The highest BCUT2D eigenvalue weighted by Crippen LogP contribution is 2.42. The van der Waals surface area contributed by atoms with Gasteiger partial charge in [-0.2, -0.15) is 0 Å². The summed E-state index contributed by atoms with van der Waals surface area (Å²) in [5, 5.41) is 43.8. The molecule has 2 aliphatic heterocycles. The Hall–Kier alpha value is -3.29. The van der Waals surface area contributed by atoms with Crippen molar-refractivity contribution >= 4 is 17.9 Å². The van der Waals surface area contributed by atoms with Crippen molar-refractivity contribution in [2.75, 3.05) is 14.2 Å². The summed E-state index contributed by atoms with van der Waals surface area (Å²) < 4.78 is 29.1. The minimum Gasteiger partial charge on any atom is -0.490 e. The Balaban J connectivity index is 2.55. The van der Waals surface area contributed by atoms with E-state index in [1.54, 1.807) is 32.9 Å². The van der Waals surface area contributed by atoms with Gasteiger partial charge in [0.15, 0.2) is 5.79 Å². The third-order valence-electron chi connectivity index (χ3n) is 10.1. The molecule has 1 unspecified atom stereocenters. The Labute approximate surface area is 302 Å². The largest absolute Gasteiger partial charge is 0.490 e. The van der Waals surface area contributed by atoms with Crippen LogP contribution in [-0.4, -0.2) is 95.0 Å². The number of allylic oxidation sites excluding steroid dienone is 5. The zero-order chi connectivity index (χ0) is 38.8. The monoisotopic (exact) mass is 720 g/mol. The highest BCUT2D eigenvalue weighted by Gasteiger charge is 2.53. The van der Waals surface area contributed by atoms with Crippen LogP contribution < -0.4 is 0 Å². The van der Waals surface area contributed by atoms with Gasteiger partial charge >= 0.3 is 17.9 Å². The highest BCUT2D eigenvalue weighted by atomic mass is 16.6. The van der Waals surface area contributed by atoms with Crippen LogP contribution in [0.1, 0.15) is 75.2 Å². The van der Waals surface area contributed by atoms with Crippen LogP contribution in [0.25, 0.3) is 0 Å². The summed E-state index contributed by atoms with van der Waals surface area (Å²) in [6.45, 7) is 16.5. The lowest BCUT2D eigenvalue weighted by Crippen LogP contribution is -2.59. The van der Waals surface area contributed by atoms with Gasteiger partial charge in [0.2, 0.25) is 5.76 Å².